The van der Waals surface area contributed by atoms with Crippen molar-refractivity contribution >= 4 is 5.95 Å². The lowest BCUT2D eigenvalue weighted by Crippen LogP contribution is -2.26. The molecule has 1 saturated carbocycles. The first-order valence-electron chi connectivity index (χ1n) is 7.30. The number of anilines is 1. The number of nitrogens with zero attached hydrogens (tertiary/aromatic N) is 3. The molecule has 2 unspecified atom stereocenters. The molecule has 0 radical (unpaired) electrons. The van der Waals surface area contributed by atoms with Crippen LogP contribution >= 0.6 is 0 Å². The Kier molecular flexibility index (Phi) is 3.75. The Bertz CT molecular complexity index is 415. The molecule has 1 N–H and O–H groups in total. The van der Waals surface area contributed by atoms with Crippen LogP contribution in [0.5, 0.6) is 0 Å². The summed E-state index contributed by atoms with van der Waals surface area (Å²) in [6.07, 6.45) is 8.02. The lowest BCUT2D eigenvalue weighted by atomic mass is 10.2. The fourth-order valence-corrected chi connectivity index (χ4v) is 3.00. The summed E-state index contributed by atoms with van der Waals surface area (Å²) >= 11 is 0. The highest BCUT2D eigenvalue weighted by Crippen LogP contribution is 2.34. The number of methoxy groups -OCH3 is 1. The Balaban J connectivity index is 1.63. The largest absolute Gasteiger partial charge is 0.383 e. The highest BCUT2D eigenvalue weighted by molar-refractivity contribution is 5.28. The van der Waals surface area contributed by atoms with Crippen LogP contribution in [0.4, 0.5) is 5.95 Å². The van der Waals surface area contributed by atoms with Crippen molar-refractivity contribution in [3.8, 4) is 0 Å². The summed E-state index contributed by atoms with van der Waals surface area (Å²) < 4.78 is 7.47. The molecular weight excluding hydrogens is 240 g/mol. The summed E-state index contributed by atoms with van der Waals surface area (Å²) in [7, 11) is 1.73. The van der Waals surface area contributed by atoms with Crippen molar-refractivity contribution in [2.75, 3.05) is 32.1 Å². The van der Waals surface area contributed by atoms with Crippen LogP contribution in [0.1, 0.15) is 32.2 Å². The minimum Gasteiger partial charge on any atom is -0.383 e. The van der Waals surface area contributed by atoms with Gasteiger partial charge in [-0.05, 0) is 26.2 Å². The molecule has 1 aliphatic heterocycles. The van der Waals surface area contributed by atoms with Crippen molar-refractivity contribution in [1.29, 1.82) is 0 Å². The molecule has 2 fully saturated rings. The number of aromatic nitrogens is 2. The summed E-state index contributed by atoms with van der Waals surface area (Å²) in [5, 5.41) is 3.44. The fraction of sp³-hybridized carbons (Fsp3) is 0.786. The number of nitrogens with one attached hydrogen (secondary N) is 1. The normalized spacial score (nSPS) is 25.7. The van der Waals surface area contributed by atoms with Crippen LogP contribution in [0.3, 0.4) is 0 Å². The highest BCUT2D eigenvalue weighted by Gasteiger charge is 2.35. The molecule has 1 aromatic rings. The van der Waals surface area contributed by atoms with Gasteiger partial charge < -0.3 is 14.6 Å². The van der Waals surface area contributed by atoms with Crippen LogP contribution in [0.2, 0.25) is 0 Å². The minimum atomic E-state index is 0.284. The molecule has 0 spiro atoms. The maximum absolute atomic E-state index is 5.17. The average Bonchev–Trinajstić information content (AvgIpc) is 2.95. The topological polar surface area (TPSA) is 42.3 Å². The fourth-order valence-electron chi connectivity index (χ4n) is 3.00. The second-order valence-electron chi connectivity index (χ2n) is 5.83. The van der Waals surface area contributed by atoms with Crippen LogP contribution in [-0.2, 0) is 4.74 Å². The predicted molar refractivity (Wildman–Crippen MR) is 75.4 cm³/mol. The van der Waals surface area contributed by atoms with Gasteiger partial charge in [-0.15, -0.1) is 0 Å². The van der Waals surface area contributed by atoms with E-state index in [1.165, 1.54) is 32.4 Å². The number of rotatable bonds is 6. The second kappa shape index (κ2) is 5.51. The van der Waals surface area contributed by atoms with E-state index in [0.717, 1.165) is 12.0 Å². The van der Waals surface area contributed by atoms with E-state index in [0.29, 0.717) is 12.6 Å². The zero-order valence-electron chi connectivity index (χ0n) is 11.9. The zero-order chi connectivity index (χ0) is 13.2. The Morgan fingerprint density at radius 3 is 3.00 bits per heavy atom. The molecule has 5 nitrogen and oxygen atoms in total. The molecule has 1 aromatic heterocycles. The van der Waals surface area contributed by atoms with Crippen molar-refractivity contribution in [2.45, 2.75) is 44.3 Å². The molecule has 0 bridgehead atoms. The number of imidazole rings is 1. The summed E-state index contributed by atoms with van der Waals surface area (Å²) in [6.45, 7) is 5.23. The molecule has 1 aliphatic carbocycles. The Morgan fingerprint density at radius 2 is 2.26 bits per heavy atom. The number of likely N-dealkylation sites (tertiary alicyclic amines) is 1. The van der Waals surface area contributed by atoms with E-state index >= 15 is 0 Å². The monoisotopic (exact) mass is 264 g/mol. The molecule has 2 heterocycles. The van der Waals surface area contributed by atoms with Crippen molar-refractivity contribution in [1.82, 2.24) is 14.5 Å². The van der Waals surface area contributed by atoms with E-state index in [1.807, 2.05) is 6.20 Å². The molecule has 2 aliphatic rings. The van der Waals surface area contributed by atoms with Crippen LogP contribution in [0.15, 0.2) is 12.4 Å². The van der Waals surface area contributed by atoms with Crippen LogP contribution in [-0.4, -0.2) is 53.3 Å². The molecule has 106 valence electrons. The minimum absolute atomic E-state index is 0.284. The second-order valence-corrected chi connectivity index (χ2v) is 5.83. The standard InChI is InChI=1S/C14H24N4O/c1-11(10-19-2)16-14-15-6-8-18(14)13-5-7-17(9-13)12-3-4-12/h6,8,11-13H,3-5,7,9-10H2,1-2H3,(H,15,16). The third kappa shape index (κ3) is 2.92. The molecule has 0 amide bonds. The lowest BCUT2D eigenvalue weighted by molar-refractivity contribution is 0.190. The number of hydrogen-bond acceptors (Lipinski definition) is 4. The first-order valence-corrected chi connectivity index (χ1v) is 7.30. The zero-order valence-corrected chi connectivity index (χ0v) is 11.9. The van der Waals surface area contributed by atoms with Gasteiger partial charge in [0, 0.05) is 44.7 Å². The Morgan fingerprint density at radius 1 is 1.42 bits per heavy atom. The quantitative estimate of drug-likeness (QED) is 0.850. The molecule has 3 rings (SSSR count). The molecular formula is C14H24N4O. The third-order valence-corrected chi connectivity index (χ3v) is 4.11. The Hall–Kier alpha value is -1.07. The van der Waals surface area contributed by atoms with Gasteiger partial charge in [0.05, 0.1) is 12.6 Å². The van der Waals surface area contributed by atoms with E-state index in [-0.39, 0.29) is 6.04 Å². The SMILES string of the molecule is COCC(C)Nc1nccn1C1CCN(C2CC2)C1. The third-order valence-electron chi connectivity index (χ3n) is 4.11. The van der Waals surface area contributed by atoms with E-state index in [1.54, 1.807) is 7.11 Å². The van der Waals surface area contributed by atoms with Crippen molar-refractivity contribution < 1.29 is 4.74 Å². The maximum atomic E-state index is 5.17. The lowest BCUT2D eigenvalue weighted by Gasteiger charge is -2.20. The van der Waals surface area contributed by atoms with Crippen LogP contribution in [0.25, 0.3) is 0 Å². The summed E-state index contributed by atoms with van der Waals surface area (Å²) in [6, 6.07) is 1.73. The number of hydrogen-bond donors (Lipinski definition) is 1. The predicted octanol–water partition coefficient (Wildman–Crippen LogP) is 1.74. The average molecular weight is 264 g/mol. The maximum Gasteiger partial charge on any atom is 0.203 e. The number of ether oxygens (including phenoxy) is 1. The first kappa shape index (κ1) is 12.9. The van der Waals surface area contributed by atoms with Crippen molar-refractivity contribution in [2.24, 2.45) is 0 Å². The summed E-state index contributed by atoms with van der Waals surface area (Å²) in [4.78, 5) is 7.08. The van der Waals surface area contributed by atoms with Gasteiger partial charge in [0.25, 0.3) is 0 Å². The first-order chi connectivity index (χ1) is 9.28. The molecule has 0 aromatic carbocycles. The summed E-state index contributed by atoms with van der Waals surface area (Å²) in [5.41, 5.74) is 0. The van der Waals surface area contributed by atoms with Gasteiger partial charge in [-0.2, -0.15) is 0 Å². The molecule has 19 heavy (non-hydrogen) atoms. The van der Waals surface area contributed by atoms with Crippen LogP contribution in [0, 0.1) is 0 Å². The van der Waals surface area contributed by atoms with E-state index in [2.05, 4.69) is 32.9 Å². The van der Waals surface area contributed by atoms with Gasteiger partial charge in [0.1, 0.15) is 0 Å². The molecule has 5 heteroatoms. The van der Waals surface area contributed by atoms with Crippen molar-refractivity contribution in [3.63, 3.8) is 0 Å². The van der Waals surface area contributed by atoms with Gasteiger partial charge in [-0.25, -0.2) is 4.98 Å². The van der Waals surface area contributed by atoms with E-state index in [9.17, 15) is 0 Å². The van der Waals surface area contributed by atoms with Gasteiger partial charge >= 0.3 is 0 Å². The van der Waals surface area contributed by atoms with Gasteiger partial charge in [-0.1, -0.05) is 0 Å². The van der Waals surface area contributed by atoms with E-state index in [4.69, 9.17) is 4.74 Å². The highest BCUT2D eigenvalue weighted by atomic mass is 16.5. The van der Waals surface area contributed by atoms with Crippen molar-refractivity contribution in [3.05, 3.63) is 12.4 Å². The van der Waals surface area contributed by atoms with Gasteiger partial charge in [-0.3, -0.25) is 4.90 Å². The van der Waals surface area contributed by atoms with E-state index < -0.39 is 0 Å². The van der Waals surface area contributed by atoms with Gasteiger partial charge in [0.2, 0.25) is 5.95 Å². The Labute approximate surface area is 114 Å². The van der Waals surface area contributed by atoms with Gasteiger partial charge in [0.15, 0.2) is 0 Å². The molecule has 1 saturated heterocycles. The smallest absolute Gasteiger partial charge is 0.203 e. The summed E-state index contributed by atoms with van der Waals surface area (Å²) in [5.74, 6) is 0.979. The van der Waals surface area contributed by atoms with Crippen LogP contribution < -0.4 is 5.32 Å². The molecule has 2 atom stereocenters.